The fourth-order valence-corrected chi connectivity index (χ4v) is 2.70. The van der Waals surface area contributed by atoms with E-state index in [1.807, 2.05) is 6.20 Å². The Kier molecular flexibility index (Phi) is 5.14. The van der Waals surface area contributed by atoms with Crippen molar-refractivity contribution in [3.63, 3.8) is 0 Å². The zero-order valence-corrected chi connectivity index (χ0v) is 14.3. The van der Waals surface area contributed by atoms with Crippen molar-refractivity contribution in [1.29, 1.82) is 0 Å². The molecule has 0 bridgehead atoms. The lowest BCUT2D eigenvalue weighted by Gasteiger charge is -2.21. The molecule has 112 valence electrons. The number of nitrogens with two attached hydrogens (primary N) is 1. The van der Waals surface area contributed by atoms with Gasteiger partial charge in [-0.3, -0.25) is 16.3 Å². The molecule has 1 aromatic heterocycles. The molecule has 0 aliphatic heterocycles. The van der Waals surface area contributed by atoms with Crippen molar-refractivity contribution < 1.29 is 0 Å². The molecular formula is C17H22BrN3. The van der Waals surface area contributed by atoms with E-state index in [9.17, 15) is 0 Å². The van der Waals surface area contributed by atoms with Crippen LogP contribution in [0.3, 0.4) is 0 Å². The molecule has 0 amide bonds. The number of aromatic nitrogens is 1. The molecule has 3 nitrogen and oxygen atoms in total. The molecule has 21 heavy (non-hydrogen) atoms. The van der Waals surface area contributed by atoms with Crippen LogP contribution in [0.2, 0.25) is 0 Å². The summed E-state index contributed by atoms with van der Waals surface area (Å²) in [5.41, 5.74) is 6.72. The van der Waals surface area contributed by atoms with E-state index in [0.29, 0.717) is 0 Å². The van der Waals surface area contributed by atoms with Gasteiger partial charge in [-0.1, -0.05) is 45.0 Å². The van der Waals surface area contributed by atoms with Crippen molar-refractivity contribution in [1.82, 2.24) is 10.4 Å². The summed E-state index contributed by atoms with van der Waals surface area (Å²) in [6, 6.07) is 10.8. The van der Waals surface area contributed by atoms with Gasteiger partial charge in [-0.05, 0) is 50.5 Å². The van der Waals surface area contributed by atoms with E-state index in [1.165, 1.54) is 11.1 Å². The number of pyridine rings is 1. The maximum Gasteiger partial charge on any atom is 0.0500 e. The summed E-state index contributed by atoms with van der Waals surface area (Å²) in [7, 11) is 0. The van der Waals surface area contributed by atoms with E-state index in [0.717, 1.165) is 16.5 Å². The minimum absolute atomic E-state index is 0.0788. The van der Waals surface area contributed by atoms with Crippen molar-refractivity contribution in [3.8, 4) is 0 Å². The summed E-state index contributed by atoms with van der Waals surface area (Å²) < 4.78 is 0.985. The molecular weight excluding hydrogens is 326 g/mol. The monoisotopic (exact) mass is 347 g/mol. The highest BCUT2D eigenvalue weighted by Crippen LogP contribution is 2.25. The molecule has 0 saturated carbocycles. The van der Waals surface area contributed by atoms with Crippen LogP contribution in [-0.2, 0) is 11.8 Å². The maximum absolute atomic E-state index is 5.73. The average molecular weight is 348 g/mol. The van der Waals surface area contributed by atoms with Crippen molar-refractivity contribution in [2.75, 3.05) is 0 Å². The minimum Gasteiger partial charge on any atom is -0.271 e. The fourth-order valence-electron chi connectivity index (χ4n) is 2.29. The molecule has 2 rings (SSSR count). The molecule has 1 atom stereocenters. The number of rotatable bonds is 4. The molecule has 1 heterocycles. The van der Waals surface area contributed by atoms with Gasteiger partial charge in [0.15, 0.2) is 0 Å². The third-order valence-electron chi connectivity index (χ3n) is 3.58. The minimum atomic E-state index is 0.0788. The molecule has 0 fully saturated rings. The zero-order chi connectivity index (χ0) is 15.5. The van der Waals surface area contributed by atoms with Crippen LogP contribution in [0, 0.1) is 0 Å². The number of hydrogen-bond acceptors (Lipinski definition) is 3. The number of benzene rings is 1. The second-order valence-electron chi connectivity index (χ2n) is 6.31. The first-order chi connectivity index (χ1) is 9.90. The Hall–Kier alpha value is -1.23. The quantitative estimate of drug-likeness (QED) is 0.651. The standard InChI is InChI=1S/C17H22BrN3/c1-17(2,3)14-6-4-13(5-7-14)16(21-19)9-12-8-15(18)11-20-10-12/h4-8,10-11,16,21H,9,19H2,1-3H3. The molecule has 1 unspecified atom stereocenters. The summed E-state index contributed by atoms with van der Waals surface area (Å²) in [5, 5.41) is 0. The summed E-state index contributed by atoms with van der Waals surface area (Å²) in [6.07, 6.45) is 4.46. The van der Waals surface area contributed by atoms with Gasteiger partial charge in [-0.25, -0.2) is 0 Å². The summed E-state index contributed by atoms with van der Waals surface area (Å²) in [4.78, 5) is 4.20. The van der Waals surface area contributed by atoms with Gasteiger partial charge in [0.2, 0.25) is 0 Å². The van der Waals surface area contributed by atoms with Gasteiger partial charge in [0.1, 0.15) is 0 Å². The summed E-state index contributed by atoms with van der Waals surface area (Å²) in [5.74, 6) is 5.73. The average Bonchev–Trinajstić information content (AvgIpc) is 2.44. The Bertz CT molecular complexity index is 588. The van der Waals surface area contributed by atoms with Crippen molar-refractivity contribution in [2.24, 2.45) is 5.84 Å². The summed E-state index contributed by atoms with van der Waals surface area (Å²) in [6.45, 7) is 6.65. The van der Waals surface area contributed by atoms with E-state index in [1.54, 1.807) is 6.20 Å². The Morgan fingerprint density at radius 2 is 1.86 bits per heavy atom. The SMILES string of the molecule is CC(C)(C)c1ccc(C(Cc2cncc(Br)c2)NN)cc1. The number of nitrogens with one attached hydrogen (secondary N) is 1. The Morgan fingerprint density at radius 3 is 2.38 bits per heavy atom. The molecule has 0 aliphatic rings. The van der Waals surface area contributed by atoms with E-state index in [-0.39, 0.29) is 11.5 Å². The second-order valence-corrected chi connectivity index (χ2v) is 7.22. The van der Waals surface area contributed by atoms with Crippen LogP contribution in [0.1, 0.15) is 43.5 Å². The molecule has 1 aromatic carbocycles. The molecule has 3 N–H and O–H groups in total. The predicted octanol–water partition coefficient (Wildman–Crippen LogP) is 3.89. The number of hydrazine groups is 1. The second kappa shape index (κ2) is 6.69. The topological polar surface area (TPSA) is 50.9 Å². The lowest BCUT2D eigenvalue weighted by Crippen LogP contribution is -2.29. The smallest absolute Gasteiger partial charge is 0.0500 e. The molecule has 0 radical (unpaired) electrons. The first-order valence-electron chi connectivity index (χ1n) is 7.06. The van der Waals surface area contributed by atoms with Crippen molar-refractivity contribution in [2.45, 2.75) is 38.6 Å². The highest BCUT2D eigenvalue weighted by Gasteiger charge is 2.15. The zero-order valence-electron chi connectivity index (χ0n) is 12.7. The van der Waals surface area contributed by atoms with Gasteiger partial charge >= 0.3 is 0 Å². The Balaban J connectivity index is 2.18. The molecule has 4 heteroatoms. The molecule has 0 spiro atoms. The molecule has 0 aliphatic carbocycles. The molecule has 0 saturated heterocycles. The lowest BCUT2D eigenvalue weighted by atomic mass is 9.86. The number of hydrogen-bond donors (Lipinski definition) is 2. The number of halogens is 1. The lowest BCUT2D eigenvalue weighted by molar-refractivity contribution is 0.548. The Labute approximate surface area is 135 Å². The third-order valence-corrected chi connectivity index (χ3v) is 4.02. The Morgan fingerprint density at radius 1 is 1.19 bits per heavy atom. The fraction of sp³-hybridized carbons (Fsp3) is 0.353. The summed E-state index contributed by atoms with van der Waals surface area (Å²) >= 11 is 3.45. The van der Waals surface area contributed by atoms with Crippen LogP contribution in [0.5, 0.6) is 0 Å². The van der Waals surface area contributed by atoms with Gasteiger partial charge in [0.05, 0.1) is 6.04 Å². The van der Waals surface area contributed by atoms with Gasteiger partial charge in [-0.15, -0.1) is 0 Å². The van der Waals surface area contributed by atoms with Gasteiger partial charge < -0.3 is 0 Å². The first kappa shape index (κ1) is 16.1. The predicted molar refractivity (Wildman–Crippen MR) is 90.8 cm³/mol. The van der Waals surface area contributed by atoms with E-state index < -0.39 is 0 Å². The van der Waals surface area contributed by atoms with Crippen LogP contribution < -0.4 is 11.3 Å². The maximum atomic E-state index is 5.73. The normalized spacial score (nSPS) is 13.2. The van der Waals surface area contributed by atoms with E-state index >= 15 is 0 Å². The van der Waals surface area contributed by atoms with Gasteiger partial charge in [-0.2, -0.15) is 0 Å². The van der Waals surface area contributed by atoms with E-state index in [4.69, 9.17) is 5.84 Å². The van der Waals surface area contributed by atoms with Gasteiger partial charge in [0.25, 0.3) is 0 Å². The molecule has 2 aromatic rings. The van der Waals surface area contributed by atoms with Crippen LogP contribution in [0.4, 0.5) is 0 Å². The first-order valence-corrected chi connectivity index (χ1v) is 7.85. The van der Waals surface area contributed by atoms with Crippen LogP contribution >= 0.6 is 15.9 Å². The highest BCUT2D eigenvalue weighted by atomic mass is 79.9. The van der Waals surface area contributed by atoms with Crippen molar-refractivity contribution >= 4 is 15.9 Å². The third kappa shape index (κ3) is 4.37. The largest absolute Gasteiger partial charge is 0.271 e. The van der Waals surface area contributed by atoms with Crippen LogP contribution in [-0.4, -0.2) is 4.98 Å². The highest BCUT2D eigenvalue weighted by molar-refractivity contribution is 9.10. The number of nitrogens with zero attached hydrogens (tertiary/aromatic N) is 1. The van der Waals surface area contributed by atoms with Crippen LogP contribution in [0.25, 0.3) is 0 Å². The van der Waals surface area contributed by atoms with Crippen LogP contribution in [0.15, 0.2) is 47.2 Å². The van der Waals surface area contributed by atoms with Crippen molar-refractivity contribution in [3.05, 3.63) is 63.9 Å². The van der Waals surface area contributed by atoms with Gasteiger partial charge in [0, 0.05) is 16.9 Å². The van der Waals surface area contributed by atoms with E-state index in [2.05, 4.69) is 77.4 Å².